The predicted molar refractivity (Wildman–Crippen MR) is 56.0 cm³/mol. The molecule has 5 nitrogen and oxygen atoms in total. The summed E-state index contributed by atoms with van der Waals surface area (Å²) in [6.07, 6.45) is 0.371. The molecule has 5 heteroatoms. The van der Waals surface area contributed by atoms with Gasteiger partial charge in [-0.2, -0.15) is 0 Å². The number of carbonyl (C=O) groups excluding carboxylic acids is 1. The summed E-state index contributed by atoms with van der Waals surface area (Å²) in [5.41, 5.74) is 0. The van der Waals surface area contributed by atoms with Crippen LogP contribution in [0.2, 0.25) is 0 Å². The molecular weight excluding hydrogens is 186 g/mol. The second-order valence-corrected chi connectivity index (χ2v) is 3.46. The van der Waals surface area contributed by atoms with Crippen molar-refractivity contribution in [3.63, 3.8) is 0 Å². The minimum atomic E-state index is -0.489. The van der Waals surface area contributed by atoms with Crippen LogP contribution in [0.15, 0.2) is 0 Å². The fraction of sp³-hybridized carbons (Fsp3) is 0.889. The van der Waals surface area contributed by atoms with Crippen LogP contribution >= 0.6 is 0 Å². The van der Waals surface area contributed by atoms with Gasteiger partial charge in [-0.25, -0.2) is 0 Å². The topological polar surface area (TPSA) is 112 Å². The molecule has 0 heterocycles. The van der Waals surface area contributed by atoms with Crippen LogP contribution in [0.1, 0.15) is 33.6 Å². The average molecular weight is 209 g/mol. The number of rotatable bonds is 5. The van der Waals surface area contributed by atoms with Gasteiger partial charge in [0.05, 0.1) is 12.5 Å². The zero-order valence-corrected chi connectivity index (χ0v) is 9.13. The second kappa shape index (κ2) is 10.4. The molecule has 0 aromatic carbocycles. The van der Waals surface area contributed by atoms with Crippen LogP contribution in [0, 0.1) is 5.92 Å². The van der Waals surface area contributed by atoms with Crippen LogP contribution in [0.3, 0.4) is 0 Å². The highest BCUT2D eigenvalue weighted by Crippen LogP contribution is 1.96. The molecule has 6 N–H and O–H groups in total. The zero-order chi connectivity index (χ0) is 9.56. The molecule has 0 aliphatic rings. The fourth-order valence-electron chi connectivity index (χ4n) is 0.748. The first-order chi connectivity index (χ1) is 5.56. The van der Waals surface area contributed by atoms with Crippen molar-refractivity contribution in [1.82, 2.24) is 5.32 Å². The summed E-state index contributed by atoms with van der Waals surface area (Å²) in [6, 6.07) is 0. The van der Waals surface area contributed by atoms with E-state index in [1.165, 1.54) is 0 Å². The summed E-state index contributed by atoms with van der Waals surface area (Å²) >= 11 is 0. The Bertz CT molecular complexity index is 139. The highest BCUT2D eigenvalue weighted by atomic mass is 16.3. The maximum absolute atomic E-state index is 11.0. The van der Waals surface area contributed by atoms with Crippen molar-refractivity contribution in [3.05, 3.63) is 0 Å². The van der Waals surface area contributed by atoms with Crippen LogP contribution in [-0.4, -0.2) is 34.6 Å². The molecule has 0 saturated heterocycles. The lowest BCUT2D eigenvalue weighted by atomic mass is 10.2. The molecule has 14 heavy (non-hydrogen) atoms. The Balaban J connectivity index is -0.000000605. The number of amides is 1. The smallest absolute Gasteiger partial charge is 0.222 e. The molecular formula is C9H23NO4. The van der Waals surface area contributed by atoms with E-state index in [0.717, 1.165) is 0 Å². The first-order valence-corrected chi connectivity index (χ1v) is 4.51. The lowest BCUT2D eigenvalue weighted by Crippen LogP contribution is -2.30. The van der Waals surface area contributed by atoms with Gasteiger partial charge >= 0.3 is 0 Å². The van der Waals surface area contributed by atoms with Crippen LogP contribution in [0.5, 0.6) is 0 Å². The van der Waals surface area contributed by atoms with Gasteiger partial charge in [-0.3, -0.25) is 4.79 Å². The summed E-state index contributed by atoms with van der Waals surface area (Å²) in [5.74, 6) is 0.408. The molecule has 0 aliphatic carbocycles. The van der Waals surface area contributed by atoms with Crippen LogP contribution in [-0.2, 0) is 4.79 Å². The van der Waals surface area contributed by atoms with Gasteiger partial charge < -0.3 is 21.4 Å². The van der Waals surface area contributed by atoms with Gasteiger partial charge in [0.2, 0.25) is 5.91 Å². The largest absolute Gasteiger partial charge is 0.412 e. The Kier molecular flexibility index (Phi) is 14.2. The molecule has 0 unspecified atom stereocenters. The second-order valence-electron chi connectivity index (χ2n) is 3.46. The van der Waals surface area contributed by atoms with E-state index < -0.39 is 6.10 Å². The Morgan fingerprint density at radius 1 is 1.36 bits per heavy atom. The molecule has 88 valence electrons. The van der Waals surface area contributed by atoms with Crippen molar-refractivity contribution in [2.75, 3.05) is 6.54 Å². The number of hydrogen-bond acceptors (Lipinski definition) is 2. The highest BCUT2D eigenvalue weighted by Gasteiger charge is 2.07. The van der Waals surface area contributed by atoms with Crippen LogP contribution < -0.4 is 5.32 Å². The number of aliphatic hydroxyl groups excluding tert-OH is 1. The van der Waals surface area contributed by atoms with Gasteiger partial charge in [-0.15, -0.1) is 0 Å². The molecule has 0 rings (SSSR count). The van der Waals surface area contributed by atoms with Gasteiger partial charge in [0.15, 0.2) is 0 Å². The number of aliphatic hydroxyl groups is 1. The maximum atomic E-state index is 11.0. The summed E-state index contributed by atoms with van der Waals surface area (Å²) in [7, 11) is 0. The fourth-order valence-corrected chi connectivity index (χ4v) is 0.748. The predicted octanol–water partition coefficient (Wildman–Crippen LogP) is -0.730. The summed E-state index contributed by atoms with van der Waals surface area (Å²) < 4.78 is 0. The molecule has 0 aliphatic heterocycles. The van der Waals surface area contributed by atoms with E-state index in [2.05, 4.69) is 5.32 Å². The summed E-state index contributed by atoms with van der Waals surface area (Å²) in [4.78, 5) is 11.0. The third kappa shape index (κ3) is 11.4. The van der Waals surface area contributed by atoms with Gasteiger partial charge in [-0.1, -0.05) is 20.8 Å². The number of hydrogen-bond donors (Lipinski definition) is 2. The van der Waals surface area contributed by atoms with E-state index in [9.17, 15) is 4.79 Å². The van der Waals surface area contributed by atoms with Crippen molar-refractivity contribution < 1.29 is 20.9 Å². The maximum Gasteiger partial charge on any atom is 0.222 e. The van der Waals surface area contributed by atoms with E-state index >= 15 is 0 Å². The third-order valence-electron chi connectivity index (χ3n) is 1.60. The molecule has 1 amide bonds. The molecule has 0 aromatic rings. The van der Waals surface area contributed by atoms with Gasteiger partial charge in [0.1, 0.15) is 0 Å². The molecule has 0 bridgehead atoms. The summed E-state index contributed by atoms with van der Waals surface area (Å²) in [6.45, 7) is 6.63. The zero-order valence-electron chi connectivity index (χ0n) is 9.13. The standard InChI is InChI=1S/C9H19NO2.2H2O/c1-4-8(11)5-9(12)10-6-7(2)3;;/h7-8,11H,4-6H2,1-3H3,(H,10,12);2*1H2/t8-;;/m0../s1. The minimum Gasteiger partial charge on any atom is -0.412 e. The van der Waals surface area contributed by atoms with Crippen LogP contribution in [0.25, 0.3) is 0 Å². The van der Waals surface area contributed by atoms with Crippen molar-refractivity contribution in [1.29, 1.82) is 0 Å². The average Bonchev–Trinajstić information content (AvgIpc) is 2.00. The van der Waals surface area contributed by atoms with Gasteiger partial charge in [0, 0.05) is 6.54 Å². The van der Waals surface area contributed by atoms with Crippen molar-refractivity contribution in [2.24, 2.45) is 5.92 Å². The molecule has 0 radical (unpaired) electrons. The SMILES string of the molecule is CC[C@H](O)CC(=O)NCC(C)C.O.O. The van der Waals surface area contributed by atoms with Crippen molar-refractivity contribution in [2.45, 2.75) is 39.7 Å². The van der Waals surface area contributed by atoms with E-state index in [1.807, 2.05) is 20.8 Å². The first-order valence-electron chi connectivity index (χ1n) is 4.51. The lowest BCUT2D eigenvalue weighted by molar-refractivity contribution is -0.123. The third-order valence-corrected chi connectivity index (χ3v) is 1.60. The van der Waals surface area contributed by atoms with Crippen molar-refractivity contribution >= 4 is 5.91 Å². The number of carbonyl (C=O) groups is 1. The molecule has 0 aromatic heterocycles. The normalized spacial score (nSPS) is 11.2. The van der Waals surface area contributed by atoms with E-state index in [0.29, 0.717) is 18.9 Å². The van der Waals surface area contributed by atoms with E-state index in [-0.39, 0.29) is 23.3 Å². The quantitative estimate of drug-likeness (QED) is 0.621. The Morgan fingerprint density at radius 3 is 2.21 bits per heavy atom. The monoisotopic (exact) mass is 209 g/mol. The molecule has 0 fully saturated rings. The molecule has 0 spiro atoms. The minimum absolute atomic E-state index is 0. The molecule has 1 atom stereocenters. The Hall–Kier alpha value is -0.650. The van der Waals surface area contributed by atoms with Crippen molar-refractivity contribution in [3.8, 4) is 0 Å². The highest BCUT2D eigenvalue weighted by molar-refractivity contribution is 5.76. The first kappa shape index (κ1) is 19.0. The van der Waals surface area contributed by atoms with Gasteiger partial charge in [0.25, 0.3) is 0 Å². The van der Waals surface area contributed by atoms with E-state index in [4.69, 9.17) is 5.11 Å². The van der Waals surface area contributed by atoms with E-state index in [1.54, 1.807) is 0 Å². The van der Waals surface area contributed by atoms with Crippen LogP contribution in [0.4, 0.5) is 0 Å². The Labute approximate surface area is 85.1 Å². The Morgan fingerprint density at radius 2 is 1.86 bits per heavy atom. The van der Waals surface area contributed by atoms with Gasteiger partial charge in [-0.05, 0) is 12.3 Å². The molecule has 0 saturated carbocycles. The lowest BCUT2D eigenvalue weighted by Gasteiger charge is -2.09. The number of nitrogens with one attached hydrogen (secondary N) is 1. The summed E-state index contributed by atoms with van der Waals surface area (Å²) in [5, 5.41) is 11.9.